The molecule has 0 bridgehead atoms. The Bertz CT molecular complexity index is 538. The van der Waals surface area contributed by atoms with Gasteiger partial charge in [0, 0.05) is 26.1 Å². The SMILES string of the molecule is Cc1cccc2nc(CCNC3CC3)n(C)c12. The minimum Gasteiger partial charge on any atom is -0.331 e. The average molecular weight is 229 g/mol. The van der Waals surface area contributed by atoms with Crippen LogP contribution in [0.15, 0.2) is 18.2 Å². The second kappa shape index (κ2) is 4.15. The Morgan fingerprint density at radius 3 is 2.94 bits per heavy atom. The summed E-state index contributed by atoms with van der Waals surface area (Å²) in [6.45, 7) is 3.19. The molecule has 1 N–H and O–H groups in total. The van der Waals surface area contributed by atoms with Gasteiger partial charge in [0.15, 0.2) is 0 Å². The van der Waals surface area contributed by atoms with E-state index >= 15 is 0 Å². The predicted octanol–water partition coefficient (Wildman–Crippen LogP) is 2.18. The van der Waals surface area contributed by atoms with Crippen molar-refractivity contribution in [2.45, 2.75) is 32.2 Å². The number of rotatable bonds is 4. The lowest BCUT2D eigenvalue weighted by Gasteiger charge is -2.04. The Morgan fingerprint density at radius 1 is 1.41 bits per heavy atom. The first-order valence-corrected chi connectivity index (χ1v) is 6.40. The molecule has 1 saturated carbocycles. The van der Waals surface area contributed by atoms with Crippen LogP contribution in [-0.2, 0) is 13.5 Å². The maximum Gasteiger partial charge on any atom is 0.110 e. The molecular formula is C14H19N3. The molecule has 90 valence electrons. The molecule has 3 heteroatoms. The second-order valence-electron chi connectivity index (χ2n) is 5.01. The first-order valence-electron chi connectivity index (χ1n) is 6.40. The van der Waals surface area contributed by atoms with Crippen molar-refractivity contribution in [1.29, 1.82) is 0 Å². The zero-order valence-electron chi connectivity index (χ0n) is 10.5. The lowest BCUT2D eigenvalue weighted by atomic mass is 10.2. The van der Waals surface area contributed by atoms with E-state index in [0.717, 1.165) is 24.5 Å². The summed E-state index contributed by atoms with van der Waals surface area (Å²) in [5.74, 6) is 1.18. The molecule has 1 fully saturated rings. The van der Waals surface area contributed by atoms with Gasteiger partial charge in [0.25, 0.3) is 0 Å². The van der Waals surface area contributed by atoms with Crippen molar-refractivity contribution in [3.8, 4) is 0 Å². The van der Waals surface area contributed by atoms with Crippen LogP contribution in [-0.4, -0.2) is 22.1 Å². The zero-order valence-corrected chi connectivity index (χ0v) is 10.5. The number of nitrogens with zero attached hydrogens (tertiary/aromatic N) is 2. The van der Waals surface area contributed by atoms with E-state index in [-0.39, 0.29) is 0 Å². The number of hydrogen-bond acceptors (Lipinski definition) is 2. The van der Waals surface area contributed by atoms with Crippen LogP contribution in [0.25, 0.3) is 11.0 Å². The van der Waals surface area contributed by atoms with Gasteiger partial charge in [0.05, 0.1) is 11.0 Å². The quantitative estimate of drug-likeness (QED) is 0.871. The molecule has 3 rings (SSSR count). The number of benzene rings is 1. The number of nitrogens with one attached hydrogen (secondary N) is 1. The van der Waals surface area contributed by atoms with Crippen LogP contribution < -0.4 is 5.32 Å². The number of hydrogen-bond donors (Lipinski definition) is 1. The summed E-state index contributed by atoms with van der Waals surface area (Å²) in [6.07, 6.45) is 3.71. The van der Waals surface area contributed by atoms with Crippen LogP contribution in [0.1, 0.15) is 24.2 Å². The third kappa shape index (κ3) is 2.07. The van der Waals surface area contributed by atoms with Gasteiger partial charge in [0.1, 0.15) is 5.82 Å². The van der Waals surface area contributed by atoms with Crippen LogP contribution in [0.4, 0.5) is 0 Å². The van der Waals surface area contributed by atoms with Crippen molar-refractivity contribution in [1.82, 2.24) is 14.9 Å². The van der Waals surface area contributed by atoms with E-state index in [1.165, 1.54) is 29.7 Å². The molecule has 17 heavy (non-hydrogen) atoms. The second-order valence-corrected chi connectivity index (χ2v) is 5.01. The van der Waals surface area contributed by atoms with E-state index in [9.17, 15) is 0 Å². The van der Waals surface area contributed by atoms with Crippen molar-refractivity contribution in [2.75, 3.05) is 6.54 Å². The molecule has 0 atom stereocenters. The molecule has 3 nitrogen and oxygen atoms in total. The number of aryl methyl sites for hydroxylation is 2. The summed E-state index contributed by atoms with van der Waals surface area (Å²) in [4.78, 5) is 4.71. The molecule has 0 unspecified atom stereocenters. The monoisotopic (exact) mass is 229 g/mol. The van der Waals surface area contributed by atoms with E-state index in [2.05, 4.69) is 42.1 Å². The Kier molecular flexibility index (Phi) is 2.63. The molecule has 0 amide bonds. The van der Waals surface area contributed by atoms with E-state index in [1.807, 2.05) is 0 Å². The lowest BCUT2D eigenvalue weighted by molar-refractivity contribution is 0.654. The first kappa shape index (κ1) is 10.8. The van der Waals surface area contributed by atoms with Crippen molar-refractivity contribution in [2.24, 2.45) is 7.05 Å². The summed E-state index contributed by atoms with van der Waals surface area (Å²) in [6, 6.07) is 7.11. The summed E-state index contributed by atoms with van der Waals surface area (Å²) in [5.41, 5.74) is 3.70. The normalized spacial score (nSPS) is 15.6. The number of para-hydroxylation sites is 1. The minimum atomic E-state index is 0.784. The van der Waals surface area contributed by atoms with Gasteiger partial charge in [-0.3, -0.25) is 0 Å². The Labute approximate surface area is 102 Å². The fourth-order valence-electron chi connectivity index (χ4n) is 2.41. The third-order valence-corrected chi connectivity index (χ3v) is 3.55. The zero-order chi connectivity index (χ0) is 11.8. The molecule has 1 aliphatic rings. The van der Waals surface area contributed by atoms with Gasteiger partial charge in [0.2, 0.25) is 0 Å². The van der Waals surface area contributed by atoms with Crippen LogP contribution >= 0.6 is 0 Å². The highest BCUT2D eigenvalue weighted by Gasteiger charge is 2.20. The summed E-state index contributed by atoms with van der Waals surface area (Å²) in [7, 11) is 2.12. The maximum absolute atomic E-state index is 4.71. The fraction of sp³-hybridized carbons (Fsp3) is 0.500. The van der Waals surface area contributed by atoms with Crippen LogP contribution in [0.2, 0.25) is 0 Å². The topological polar surface area (TPSA) is 29.9 Å². The van der Waals surface area contributed by atoms with E-state index in [1.54, 1.807) is 0 Å². The molecule has 1 heterocycles. The molecule has 2 aromatic rings. The third-order valence-electron chi connectivity index (χ3n) is 3.55. The van der Waals surface area contributed by atoms with Gasteiger partial charge in [-0.1, -0.05) is 12.1 Å². The van der Waals surface area contributed by atoms with Gasteiger partial charge < -0.3 is 9.88 Å². The molecule has 0 saturated heterocycles. The summed E-state index contributed by atoms with van der Waals surface area (Å²) >= 11 is 0. The molecule has 1 aliphatic carbocycles. The first-order chi connectivity index (χ1) is 8.25. The maximum atomic E-state index is 4.71. The summed E-state index contributed by atoms with van der Waals surface area (Å²) in [5, 5.41) is 3.54. The Hall–Kier alpha value is -1.35. The lowest BCUT2D eigenvalue weighted by Crippen LogP contribution is -2.20. The van der Waals surface area contributed by atoms with Crippen LogP contribution in [0.3, 0.4) is 0 Å². The standard InChI is InChI=1S/C14H19N3/c1-10-4-3-5-12-14(10)17(2)13(16-12)8-9-15-11-6-7-11/h3-5,11,15H,6-9H2,1-2H3. The average Bonchev–Trinajstić information content (AvgIpc) is 3.06. The predicted molar refractivity (Wildman–Crippen MR) is 70.2 cm³/mol. The van der Waals surface area contributed by atoms with E-state index in [0.29, 0.717) is 0 Å². The van der Waals surface area contributed by atoms with Gasteiger partial charge in [-0.25, -0.2) is 4.98 Å². The molecular weight excluding hydrogens is 210 g/mol. The highest BCUT2D eigenvalue weighted by Crippen LogP contribution is 2.20. The van der Waals surface area contributed by atoms with E-state index < -0.39 is 0 Å². The Balaban J connectivity index is 1.83. The minimum absolute atomic E-state index is 0.784. The van der Waals surface area contributed by atoms with Gasteiger partial charge in [-0.05, 0) is 31.4 Å². The Morgan fingerprint density at radius 2 is 2.24 bits per heavy atom. The van der Waals surface area contributed by atoms with Crippen LogP contribution in [0, 0.1) is 6.92 Å². The number of imidazole rings is 1. The molecule has 1 aromatic heterocycles. The van der Waals surface area contributed by atoms with Crippen molar-refractivity contribution >= 4 is 11.0 Å². The molecule has 0 aliphatic heterocycles. The van der Waals surface area contributed by atoms with Crippen LogP contribution in [0.5, 0.6) is 0 Å². The molecule has 0 spiro atoms. The van der Waals surface area contributed by atoms with Gasteiger partial charge >= 0.3 is 0 Å². The van der Waals surface area contributed by atoms with E-state index in [4.69, 9.17) is 4.98 Å². The van der Waals surface area contributed by atoms with Crippen molar-refractivity contribution < 1.29 is 0 Å². The fourth-order valence-corrected chi connectivity index (χ4v) is 2.41. The van der Waals surface area contributed by atoms with Crippen molar-refractivity contribution in [3.05, 3.63) is 29.6 Å². The largest absolute Gasteiger partial charge is 0.331 e. The molecule has 1 aromatic carbocycles. The van der Waals surface area contributed by atoms with Crippen molar-refractivity contribution in [3.63, 3.8) is 0 Å². The number of aromatic nitrogens is 2. The highest BCUT2D eigenvalue weighted by atomic mass is 15.1. The summed E-state index contributed by atoms with van der Waals surface area (Å²) < 4.78 is 2.24. The van der Waals surface area contributed by atoms with Gasteiger partial charge in [-0.15, -0.1) is 0 Å². The highest BCUT2D eigenvalue weighted by molar-refractivity contribution is 5.79. The smallest absolute Gasteiger partial charge is 0.110 e. The number of fused-ring (bicyclic) bond motifs is 1. The van der Waals surface area contributed by atoms with Gasteiger partial charge in [-0.2, -0.15) is 0 Å². The molecule has 0 radical (unpaired) electrons.